The molecule has 4 heterocycles. The summed E-state index contributed by atoms with van der Waals surface area (Å²) in [6.07, 6.45) is 8.90. The van der Waals surface area contributed by atoms with Gasteiger partial charge in [-0.2, -0.15) is 9.61 Å². The lowest BCUT2D eigenvalue weighted by atomic mass is 10.2. The average Bonchev–Trinajstić information content (AvgIpc) is 3.31. The SMILES string of the molecule is O=C1NC(=O)/C(=C\c2cnn3c(NC4CC4)cc(-c4cccnc4)nc23)N1. The first kappa shape index (κ1) is 15.5. The van der Waals surface area contributed by atoms with E-state index in [0.717, 1.165) is 29.9 Å². The summed E-state index contributed by atoms with van der Waals surface area (Å²) in [4.78, 5) is 32.0. The highest BCUT2D eigenvalue weighted by atomic mass is 16.2. The number of fused-ring (bicyclic) bond motifs is 1. The Labute approximate surface area is 153 Å². The van der Waals surface area contributed by atoms with E-state index in [-0.39, 0.29) is 5.70 Å². The maximum Gasteiger partial charge on any atom is 0.326 e. The second-order valence-corrected chi connectivity index (χ2v) is 6.49. The largest absolute Gasteiger partial charge is 0.367 e. The van der Waals surface area contributed by atoms with Gasteiger partial charge in [-0.3, -0.25) is 15.1 Å². The number of carbonyl (C=O) groups is 2. The zero-order valence-corrected chi connectivity index (χ0v) is 14.1. The number of aromatic nitrogens is 4. The summed E-state index contributed by atoms with van der Waals surface area (Å²) in [5, 5.41) is 12.5. The van der Waals surface area contributed by atoms with Crippen molar-refractivity contribution in [2.24, 2.45) is 0 Å². The lowest BCUT2D eigenvalue weighted by Crippen LogP contribution is -2.22. The Hall–Kier alpha value is -3.75. The molecule has 0 radical (unpaired) electrons. The Balaban J connectivity index is 1.66. The van der Waals surface area contributed by atoms with Crippen LogP contribution in [-0.2, 0) is 4.79 Å². The van der Waals surface area contributed by atoms with Crippen LogP contribution in [0.5, 0.6) is 0 Å². The van der Waals surface area contributed by atoms with Crippen molar-refractivity contribution in [3.8, 4) is 11.3 Å². The van der Waals surface area contributed by atoms with Crippen molar-refractivity contribution in [3.05, 3.63) is 48.1 Å². The fourth-order valence-corrected chi connectivity index (χ4v) is 2.92. The highest BCUT2D eigenvalue weighted by Crippen LogP contribution is 2.29. The first-order valence-electron chi connectivity index (χ1n) is 8.57. The van der Waals surface area contributed by atoms with E-state index in [1.807, 2.05) is 18.2 Å². The maximum atomic E-state index is 11.8. The highest BCUT2D eigenvalue weighted by molar-refractivity contribution is 6.14. The number of rotatable bonds is 4. The fourth-order valence-electron chi connectivity index (χ4n) is 2.92. The minimum absolute atomic E-state index is 0.167. The molecule has 0 unspecified atom stereocenters. The lowest BCUT2D eigenvalue weighted by Gasteiger charge is -2.10. The van der Waals surface area contributed by atoms with Crippen LogP contribution in [0.15, 0.2) is 42.5 Å². The van der Waals surface area contributed by atoms with Gasteiger partial charge in [0.05, 0.1) is 11.9 Å². The van der Waals surface area contributed by atoms with E-state index in [0.29, 0.717) is 17.3 Å². The molecular formula is C18H15N7O2. The van der Waals surface area contributed by atoms with Crippen LogP contribution in [0.3, 0.4) is 0 Å². The molecule has 1 saturated heterocycles. The van der Waals surface area contributed by atoms with Crippen molar-refractivity contribution in [1.82, 2.24) is 30.2 Å². The molecule has 2 fully saturated rings. The Morgan fingerprint density at radius 3 is 2.81 bits per heavy atom. The van der Waals surface area contributed by atoms with E-state index < -0.39 is 11.9 Å². The molecule has 3 amide bonds. The molecule has 2 aliphatic rings. The summed E-state index contributed by atoms with van der Waals surface area (Å²) in [5.41, 5.74) is 3.01. The van der Waals surface area contributed by atoms with Crippen LogP contribution in [0, 0.1) is 0 Å². The number of hydrogen-bond acceptors (Lipinski definition) is 6. The molecule has 1 saturated carbocycles. The number of carbonyl (C=O) groups excluding carboxylic acids is 2. The molecular weight excluding hydrogens is 346 g/mol. The maximum absolute atomic E-state index is 11.8. The smallest absolute Gasteiger partial charge is 0.326 e. The quantitative estimate of drug-likeness (QED) is 0.480. The van der Waals surface area contributed by atoms with E-state index in [1.54, 1.807) is 29.2 Å². The van der Waals surface area contributed by atoms with Crippen LogP contribution in [0.25, 0.3) is 23.0 Å². The van der Waals surface area contributed by atoms with Gasteiger partial charge >= 0.3 is 6.03 Å². The van der Waals surface area contributed by atoms with Crippen molar-refractivity contribution in [1.29, 1.82) is 0 Å². The second-order valence-electron chi connectivity index (χ2n) is 6.49. The van der Waals surface area contributed by atoms with Gasteiger partial charge in [0.15, 0.2) is 5.65 Å². The third kappa shape index (κ3) is 2.88. The molecule has 9 heteroatoms. The summed E-state index contributed by atoms with van der Waals surface area (Å²) >= 11 is 0. The number of imide groups is 1. The van der Waals surface area contributed by atoms with Crippen molar-refractivity contribution in [3.63, 3.8) is 0 Å². The zero-order chi connectivity index (χ0) is 18.4. The minimum Gasteiger partial charge on any atom is -0.367 e. The van der Waals surface area contributed by atoms with Gasteiger partial charge in [-0.25, -0.2) is 9.78 Å². The standard InChI is InChI=1S/C18H15N7O2/c26-17-14(23-18(27)24-17)6-11-9-20-25-15(21-12-3-4-12)7-13(22-16(11)25)10-2-1-5-19-8-10/h1-2,5-9,12,21H,3-4H2,(H2,23,24,26,27)/b14-6+. The zero-order valence-electron chi connectivity index (χ0n) is 14.1. The van der Waals surface area contributed by atoms with Gasteiger partial charge in [0.25, 0.3) is 5.91 Å². The molecule has 3 N–H and O–H groups in total. The number of anilines is 1. The van der Waals surface area contributed by atoms with E-state index in [4.69, 9.17) is 4.98 Å². The number of amides is 3. The molecule has 0 aromatic carbocycles. The molecule has 1 aliphatic heterocycles. The molecule has 134 valence electrons. The summed E-state index contributed by atoms with van der Waals surface area (Å²) in [5.74, 6) is 0.352. The van der Waals surface area contributed by atoms with E-state index in [1.165, 1.54) is 0 Å². The van der Waals surface area contributed by atoms with Gasteiger partial charge in [-0.05, 0) is 31.1 Å². The topological polar surface area (TPSA) is 113 Å². The molecule has 9 nitrogen and oxygen atoms in total. The molecule has 0 bridgehead atoms. The van der Waals surface area contributed by atoms with Crippen molar-refractivity contribution < 1.29 is 9.59 Å². The van der Waals surface area contributed by atoms with Gasteiger partial charge in [0.2, 0.25) is 0 Å². The highest BCUT2D eigenvalue weighted by Gasteiger charge is 2.25. The molecule has 0 spiro atoms. The number of urea groups is 1. The van der Waals surface area contributed by atoms with Gasteiger partial charge in [0, 0.05) is 35.6 Å². The average molecular weight is 361 g/mol. The first-order valence-corrected chi connectivity index (χ1v) is 8.57. The van der Waals surface area contributed by atoms with Crippen LogP contribution in [0.4, 0.5) is 10.6 Å². The van der Waals surface area contributed by atoms with Gasteiger partial charge in [0.1, 0.15) is 11.5 Å². The molecule has 1 aliphatic carbocycles. The van der Waals surface area contributed by atoms with E-state index in [9.17, 15) is 9.59 Å². The van der Waals surface area contributed by atoms with E-state index in [2.05, 4.69) is 26.0 Å². The van der Waals surface area contributed by atoms with Crippen molar-refractivity contribution in [2.75, 3.05) is 5.32 Å². The number of hydrogen-bond donors (Lipinski definition) is 3. The van der Waals surface area contributed by atoms with Gasteiger partial charge in [-0.1, -0.05) is 0 Å². The summed E-state index contributed by atoms with van der Waals surface area (Å²) < 4.78 is 1.71. The van der Waals surface area contributed by atoms with E-state index >= 15 is 0 Å². The normalized spacial score (nSPS) is 18.0. The molecule has 0 atom stereocenters. The first-order chi connectivity index (χ1) is 13.2. The third-order valence-corrected chi connectivity index (χ3v) is 4.41. The van der Waals surface area contributed by atoms with Crippen LogP contribution in [0.1, 0.15) is 18.4 Å². The summed E-state index contributed by atoms with van der Waals surface area (Å²) in [7, 11) is 0. The lowest BCUT2D eigenvalue weighted by molar-refractivity contribution is -0.115. The van der Waals surface area contributed by atoms with Gasteiger partial charge in [-0.15, -0.1) is 0 Å². The number of nitrogens with one attached hydrogen (secondary N) is 3. The summed E-state index contributed by atoms with van der Waals surface area (Å²) in [6, 6.07) is 5.63. The minimum atomic E-state index is -0.539. The van der Waals surface area contributed by atoms with Crippen LogP contribution < -0.4 is 16.0 Å². The Bertz CT molecular complexity index is 1100. The second kappa shape index (κ2) is 5.90. The Morgan fingerprint density at radius 2 is 2.11 bits per heavy atom. The fraction of sp³-hybridized carbons (Fsp3) is 0.167. The van der Waals surface area contributed by atoms with Crippen molar-refractivity contribution >= 4 is 29.5 Å². The Kier molecular flexibility index (Phi) is 3.39. The number of nitrogens with zero attached hydrogens (tertiary/aromatic N) is 4. The summed E-state index contributed by atoms with van der Waals surface area (Å²) in [6.45, 7) is 0. The van der Waals surface area contributed by atoms with Crippen LogP contribution >= 0.6 is 0 Å². The Morgan fingerprint density at radius 1 is 1.22 bits per heavy atom. The predicted octanol–water partition coefficient (Wildman–Crippen LogP) is 1.55. The number of pyridine rings is 1. The van der Waals surface area contributed by atoms with Crippen molar-refractivity contribution in [2.45, 2.75) is 18.9 Å². The molecule has 3 aromatic rings. The van der Waals surface area contributed by atoms with Crippen LogP contribution in [0.2, 0.25) is 0 Å². The van der Waals surface area contributed by atoms with Crippen LogP contribution in [-0.4, -0.2) is 37.6 Å². The molecule has 27 heavy (non-hydrogen) atoms. The van der Waals surface area contributed by atoms with Gasteiger partial charge < -0.3 is 10.6 Å². The third-order valence-electron chi connectivity index (χ3n) is 4.41. The molecule has 5 rings (SSSR count). The monoisotopic (exact) mass is 361 g/mol. The molecule has 3 aromatic heterocycles. The predicted molar refractivity (Wildman–Crippen MR) is 97.5 cm³/mol.